The Labute approximate surface area is 126 Å². The number of halogens is 5. The molecule has 1 aliphatic rings. The highest BCUT2D eigenvalue weighted by molar-refractivity contribution is 5.48. The number of aryl methyl sites for hydroxylation is 1. The summed E-state index contributed by atoms with van der Waals surface area (Å²) in [4.78, 5) is 5.71. The molecule has 124 valence electrons. The number of hydrogen-bond donors (Lipinski definition) is 0. The third-order valence-corrected chi connectivity index (χ3v) is 4.04. The third kappa shape index (κ3) is 3.67. The molecule has 1 aromatic rings. The van der Waals surface area contributed by atoms with Gasteiger partial charge in [0, 0.05) is 20.0 Å². The van der Waals surface area contributed by atoms with Crippen molar-refractivity contribution in [2.45, 2.75) is 45.2 Å². The zero-order valence-corrected chi connectivity index (χ0v) is 12.6. The fourth-order valence-electron chi connectivity index (χ4n) is 2.69. The molecule has 0 radical (unpaired) electrons. The number of hydrogen-bond acceptors (Lipinski definition) is 2. The van der Waals surface area contributed by atoms with Crippen LogP contribution in [0.1, 0.15) is 37.9 Å². The molecule has 22 heavy (non-hydrogen) atoms. The molecule has 0 amide bonds. The van der Waals surface area contributed by atoms with Gasteiger partial charge in [-0.15, -0.1) is 0 Å². The Morgan fingerprint density at radius 3 is 2.18 bits per heavy atom. The number of pyridine rings is 1. The molecule has 0 aliphatic carbocycles. The van der Waals surface area contributed by atoms with Crippen LogP contribution >= 0.6 is 0 Å². The molecule has 0 unspecified atom stereocenters. The molecule has 1 aromatic heterocycles. The maximum atomic E-state index is 13.4. The normalized spacial score (nSPS) is 17.9. The molecule has 0 bridgehead atoms. The minimum absolute atomic E-state index is 0.0267. The molecule has 0 N–H and O–H groups in total. The SMILES string of the molecule is CCc1ccc(C(C)(F)F)nc1N1CCC(C(F)(F)F)CC1. The molecular weight excluding hydrogens is 303 g/mol. The van der Waals surface area contributed by atoms with E-state index in [1.54, 1.807) is 11.0 Å². The van der Waals surface area contributed by atoms with Gasteiger partial charge in [-0.25, -0.2) is 4.98 Å². The van der Waals surface area contributed by atoms with E-state index in [1.165, 1.54) is 6.07 Å². The zero-order chi connectivity index (χ0) is 16.5. The van der Waals surface area contributed by atoms with Crippen LogP contribution < -0.4 is 4.90 Å². The average Bonchev–Trinajstić information content (AvgIpc) is 2.45. The number of anilines is 1. The first-order chi connectivity index (χ1) is 10.1. The molecule has 1 fully saturated rings. The first-order valence-corrected chi connectivity index (χ1v) is 7.32. The Bertz CT molecular complexity index is 514. The van der Waals surface area contributed by atoms with Gasteiger partial charge < -0.3 is 4.90 Å². The lowest BCUT2D eigenvalue weighted by atomic mass is 9.96. The highest BCUT2D eigenvalue weighted by Gasteiger charge is 2.41. The van der Waals surface area contributed by atoms with E-state index >= 15 is 0 Å². The molecule has 1 saturated heterocycles. The van der Waals surface area contributed by atoms with Crippen molar-refractivity contribution in [3.63, 3.8) is 0 Å². The van der Waals surface area contributed by atoms with Gasteiger partial charge in [0.15, 0.2) is 0 Å². The Balaban J connectivity index is 2.22. The van der Waals surface area contributed by atoms with Crippen molar-refractivity contribution in [1.29, 1.82) is 0 Å². The number of piperidine rings is 1. The van der Waals surface area contributed by atoms with Crippen molar-refractivity contribution in [2.75, 3.05) is 18.0 Å². The number of nitrogens with zero attached hydrogens (tertiary/aromatic N) is 2. The first-order valence-electron chi connectivity index (χ1n) is 7.32. The van der Waals surface area contributed by atoms with Crippen LogP contribution in [0.4, 0.5) is 27.8 Å². The van der Waals surface area contributed by atoms with Crippen LogP contribution in [0.25, 0.3) is 0 Å². The van der Waals surface area contributed by atoms with E-state index in [1.807, 2.05) is 6.92 Å². The van der Waals surface area contributed by atoms with Crippen molar-refractivity contribution < 1.29 is 22.0 Å². The summed E-state index contributed by atoms with van der Waals surface area (Å²) in [5, 5.41) is 0. The maximum Gasteiger partial charge on any atom is 0.391 e. The van der Waals surface area contributed by atoms with Crippen LogP contribution in [0, 0.1) is 5.92 Å². The molecule has 2 rings (SSSR count). The van der Waals surface area contributed by atoms with E-state index < -0.39 is 18.0 Å². The van der Waals surface area contributed by atoms with Crippen molar-refractivity contribution in [1.82, 2.24) is 4.98 Å². The van der Waals surface area contributed by atoms with Crippen LogP contribution in [0.2, 0.25) is 0 Å². The predicted molar refractivity (Wildman–Crippen MR) is 74.2 cm³/mol. The lowest BCUT2D eigenvalue weighted by Crippen LogP contribution is -2.40. The monoisotopic (exact) mass is 322 g/mol. The van der Waals surface area contributed by atoms with Crippen molar-refractivity contribution >= 4 is 5.82 Å². The molecule has 1 aliphatic heterocycles. The fraction of sp³-hybridized carbons (Fsp3) is 0.667. The Kier molecular flexibility index (Phi) is 4.63. The van der Waals surface area contributed by atoms with E-state index in [2.05, 4.69) is 4.98 Å². The highest BCUT2D eigenvalue weighted by atomic mass is 19.4. The predicted octanol–water partition coefficient (Wildman–Crippen LogP) is 4.53. The minimum Gasteiger partial charge on any atom is -0.356 e. The summed E-state index contributed by atoms with van der Waals surface area (Å²) >= 11 is 0. The van der Waals surface area contributed by atoms with Gasteiger partial charge in [-0.1, -0.05) is 13.0 Å². The van der Waals surface area contributed by atoms with Crippen molar-refractivity contribution in [2.24, 2.45) is 5.92 Å². The van der Waals surface area contributed by atoms with Crippen LogP contribution in [0.15, 0.2) is 12.1 Å². The van der Waals surface area contributed by atoms with Gasteiger partial charge in [0.25, 0.3) is 5.92 Å². The largest absolute Gasteiger partial charge is 0.391 e. The van der Waals surface area contributed by atoms with Gasteiger partial charge in [0.05, 0.1) is 5.92 Å². The van der Waals surface area contributed by atoms with Gasteiger partial charge in [0.2, 0.25) is 0 Å². The highest BCUT2D eigenvalue weighted by Crippen LogP contribution is 2.36. The average molecular weight is 322 g/mol. The summed E-state index contributed by atoms with van der Waals surface area (Å²) in [6, 6.07) is 2.87. The smallest absolute Gasteiger partial charge is 0.356 e. The lowest BCUT2D eigenvalue weighted by molar-refractivity contribution is -0.179. The maximum absolute atomic E-state index is 13.4. The lowest BCUT2D eigenvalue weighted by Gasteiger charge is -2.35. The van der Waals surface area contributed by atoms with Gasteiger partial charge in [-0.05, 0) is 30.9 Å². The minimum atomic E-state index is -4.19. The summed E-state index contributed by atoms with van der Waals surface area (Å²) < 4.78 is 65.0. The van der Waals surface area contributed by atoms with Crippen LogP contribution in [0.5, 0.6) is 0 Å². The molecule has 2 nitrogen and oxygen atoms in total. The van der Waals surface area contributed by atoms with Gasteiger partial charge in [-0.2, -0.15) is 22.0 Å². The Hall–Kier alpha value is -1.40. The Morgan fingerprint density at radius 1 is 1.14 bits per heavy atom. The summed E-state index contributed by atoms with van der Waals surface area (Å²) in [5.74, 6) is -3.99. The number of alkyl halides is 5. The second-order valence-electron chi connectivity index (χ2n) is 5.72. The molecule has 7 heteroatoms. The van der Waals surface area contributed by atoms with Gasteiger partial charge in [0.1, 0.15) is 11.5 Å². The van der Waals surface area contributed by atoms with E-state index in [0.717, 1.165) is 12.5 Å². The molecule has 2 heterocycles. The second kappa shape index (κ2) is 6.01. The fourth-order valence-corrected chi connectivity index (χ4v) is 2.69. The zero-order valence-electron chi connectivity index (χ0n) is 12.6. The molecular formula is C15H19F5N2. The van der Waals surface area contributed by atoms with Gasteiger partial charge >= 0.3 is 6.18 Å². The summed E-state index contributed by atoms with van der Waals surface area (Å²) in [5.41, 5.74) is 0.427. The standard InChI is InChI=1S/C15H19F5N2/c1-3-10-4-5-12(14(2,16)17)21-13(10)22-8-6-11(7-9-22)15(18,19)20/h4-5,11H,3,6-9H2,1-2H3. The van der Waals surface area contributed by atoms with Crippen LogP contribution in [-0.2, 0) is 12.3 Å². The molecule has 0 aromatic carbocycles. The molecule has 0 saturated carbocycles. The Morgan fingerprint density at radius 2 is 1.73 bits per heavy atom. The van der Waals surface area contributed by atoms with E-state index in [-0.39, 0.29) is 31.6 Å². The van der Waals surface area contributed by atoms with E-state index in [4.69, 9.17) is 0 Å². The second-order valence-corrected chi connectivity index (χ2v) is 5.72. The van der Waals surface area contributed by atoms with Gasteiger partial charge in [-0.3, -0.25) is 0 Å². The van der Waals surface area contributed by atoms with E-state index in [0.29, 0.717) is 12.2 Å². The van der Waals surface area contributed by atoms with E-state index in [9.17, 15) is 22.0 Å². The topological polar surface area (TPSA) is 16.1 Å². The molecule has 0 spiro atoms. The van der Waals surface area contributed by atoms with Crippen LogP contribution in [0.3, 0.4) is 0 Å². The summed E-state index contributed by atoms with van der Waals surface area (Å²) in [7, 11) is 0. The molecule has 0 atom stereocenters. The van der Waals surface area contributed by atoms with Crippen molar-refractivity contribution in [3.8, 4) is 0 Å². The quantitative estimate of drug-likeness (QED) is 0.760. The summed E-state index contributed by atoms with van der Waals surface area (Å²) in [6.45, 7) is 3.00. The first kappa shape index (κ1) is 17.0. The number of aromatic nitrogens is 1. The number of rotatable bonds is 3. The van der Waals surface area contributed by atoms with Crippen LogP contribution in [-0.4, -0.2) is 24.2 Å². The summed E-state index contributed by atoms with van der Waals surface area (Å²) in [6.07, 6.45) is -3.65. The van der Waals surface area contributed by atoms with Crippen molar-refractivity contribution in [3.05, 3.63) is 23.4 Å². The third-order valence-electron chi connectivity index (χ3n) is 4.04.